The Bertz CT molecular complexity index is 743. The van der Waals surface area contributed by atoms with Crippen molar-refractivity contribution < 1.29 is 13.2 Å². The largest absolute Gasteiger partial charge is 0.321 e. The van der Waals surface area contributed by atoms with Gasteiger partial charge in [-0.1, -0.05) is 18.5 Å². The van der Waals surface area contributed by atoms with E-state index in [0.717, 1.165) is 0 Å². The van der Waals surface area contributed by atoms with E-state index in [2.05, 4.69) is 15.3 Å². The molecule has 0 aliphatic carbocycles. The van der Waals surface area contributed by atoms with E-state index in [1.54, 1.807) is 6.92 Å². The van der Waals surface area contributed by atoms with Gasteiger partial charge in [0.15, 0.2) is 9.84 Å². The van der Waals surface area contributed by atoms with Gasteiger partial charge in [-0.2, -0.15) is 0 Å². The molecule has 21 heavy (non-hydrogen) atoms. The van der Waals surface area contributed by atoms with Crippen LogP contribution in [0.2, 0.25) is 5.15 Å². The highest BCUT2D eigenvalue weighted by Crippen LogP contribution is 2.16. The van der Waals surface area contributed by atoms with Crippen molar-refractivity contribution in [2.75, 3.05) is 11.1 Å². The van der Waals surface area contributed by atoms with E-state index in [4.69, 9.17) is 11.6 Å². The molecule has 0 aliphatic heterocycles. The van der Waals surface area contributed by atoms with Gasteiger partial charge in [0.05, 0.1) is 23.0 Å². The molecule has 0 saturated carbocycles. The van der Waals surface area contributed by atoms with Crippen LogP contribution in [0.15, 0.2) is 41.6 Å². The molecule has 1 N–H and O–H groups in total. The summed E-state index contributed by atoms with van der Waals surface area (Å²) in [5.41, 5.74) is 0.580. The van der Waals surface area contributed by atoms with Crippen molar-refractivity contribution in [1.82, 2.24) is 9.97 Å². The first-order chi connectivity index (χ1) is 9.92. The Balaban J connectivity index is 2.13. The standard InChI is InChI=1S/C13H12ClN3O3S/c1-2-21(19,20)10-5-3-9(4-6-10)17-13(18)11-7-16-12(14)8-15-11/h3-8H,2H2,1H3,(H,17,18). The number of anilines is 1. The second kappa shape index (κ2) is 6.19. The van der Waals surface area contributed by atoms with Gasteiger partial charge in [0.25, 0.3) is 5.91 Å². The number of hydrogen-bond donors (Lipinski definition) is 1. The monoisotopic (exact) mass is 325 g/mol. The van der Waals surface area contributed by atoms with Crippen molar-refractivity contribution in [3.8, 4) is 0 Å². The highest BCUT2D eigenvalue weighted by Gasteiger charge is 2.12. The third-order valence-electron chi connectivity index (χ3n) is 2.70. The van der Waals surface area contributed by atoms with Crippen molar-refractivity contribution in [2.24, 2.45) is 0 Å². The fourth-order valence-corrected chi connectivity index (χ4v) is 2.52. The Morgan fingerprint density at radius 1 is 1.19 bits per heavy atom. The second-order valence-corrected chi connectivity index (χ2v) is 6.77. The van der Waals surface area contributed by atoms with Gasteiger partial charge in [-0.3, -0.25) is 4.79 Å². The van der Waals surface area contributed by atoms with Crippen LogP contribution in [0, 0.1) is 0 Å². The maximum atomic E-state index is 11.9. The molecule has 0 spiro atoms. The fraction of sp³-hybridized carbons (Fsp3) is 0.154. The minimum absolute atomic E-state index is 0.0269. The van der Waals surface area contributed by atoms with Crippen LogP contribution in [-0.4, -0.2) is 30.0 Å². The van der Waals surface area contributed by atoms with Gasteiger partial charge >= 0.3 is 0 Å². The molecule has 0 aliphatic rings. The number of carbonyl (C=O) groups excluding carboxylic acids is 1. The van der Waals surface area contributed by atoms with Crippen molar-refractivity contribution in [1.29, 1.82) is 0 Å². The Morgan fingerprint density at radius 3 is 2.38 bits per heavy atom. The second-order valence-electron chi connectivity index (χ2n) is 4.11. The number of amides is 1. The van der Waals surface area contributed by atoms with Crippen molar-refractivity contribution in [3.05, 3.63) is 47.5 Å². The number of nitrogens with zero attached hydrogens (tertiary/aromatic N) is 2. The number of nitrogens with one attached hydrogen (secondary N) is 1. The molecule has 1 aromatic heterocycles. The number of rotatable bonds is 4. The first kappa shape index (κ1) is 15.4. The van der Waals surface area contributed by atoms with E-state index in [-0.39, 0.29) is 21.5 Å². The molecule has 0 saturated heterocycles. The quantitative estimate of drug-likeness (QED) is 0.930. The Hall–Kier alpha value is -1.99. The zero-order valence-electron chi connectivity index (χ0n) is 11.1. The average molecular weight is 326 g/mol. The topological polar surface area (TPSA) is 89.0 Å². The summed E-state index contributed by atoms with van der Waals surface area (Å²) >= 11 is 5.59. The van der Waals surface area contributed by atoms with Crippen molar-refractivity contribution >= 4 is 33.0 Å². The van der Waals surface area contributed by atoms with Gasteiger partial charge in [-0.05, 0) is 24.3 Å². The number of benzene rings is 1. The summed E-state index contributed by atoms with van der Waals surface area (Å²) in [6.07, 6.45) is 2.53. The number of carbonyl (C=O) groups is 1. The molecule has 0 bridgehead atoms. The lowest BCUT2D eigenvalue weighted by Gasteiger charge is -2.06. The summed E-state index contributed by atoms with van der Waals surface area (Å²) < 4.78 is 23.3. The summed E-state index contributed by atoms with van der Waals surface area (Å²) in [7, 11) is -3.25. The van der Waals surface area contributed by atoms with E-state index in [0.29, 0.717) is 5.69 Å². The highest BCUT2D eigenvalue weighted by molar-refractivity contribution is 7.91. The molecule has 6 nitrogen and oxygen atoms in total. The first-order valence-corrected chi connectivity index (χ1v) is 8.07. The van der Waals surface area contributed by atoms with E-state index >= 15 is 0 Å². The maximum absolute atomic E-state index is 11.9. The lowest BCUT2D eigenvalue weighted by atomic mass is 10.3. The summed E-state index contributed by atoms with van der Waals surface area (Å²) in [5, 5.41) is 2.79. The molecular weight excluding hydrogens is 314 g/mol. The minimum Gasteiger partial charge on any atom is -0.321 e. The van der Waals surface area contributed by atoms with E-state index < -0.39 is 15.7 Å². The predicted molar refractivity (Wildman–Crippen MR) is 79.2 cm³/mol. The molecule has 1 amide bonds. The Labute approximate surface area is 127 Å². The number of aromatic nitrogens is 2. The van der Waals surface area contributed by atoms with Crippen molar-refractivity contribution in [2.45, 2.75) is 11.8 Å². The zero-order chi connectivity index (χ0) is 15.5. The molecule has 0 unspecified atom stereocenters. The summed E-state index contributed by atoms with van der Waals surface area (Å²) in [6.45, 7) is 1.57. The van der Waals surface area contributed by atoms with Gasteiger partial charge < -0.3 is 5.32 Å². The number of sulfone groups is 1. The maximum Gasteiger partial charge on any atom is 0.275 e. The van der Waals surface area contributed by atoms with Crippen LogP contribution in [0.1, 0.15) is 17.4 Å². The zero-order valence-corrected chi connectivity index (χ0v) is 12.6. The van der Waals surface area contributed by atoms with Gasteiger partial charge in [0.2, 0.25) is 0 Å². The third-order valence-corrected chi connectivity index (χ3v) is 4.65. The molecule has 110 valence electrons. The molecule has 0 radical (unpaired) electrons. The van der Waals surface area contributed by atoms with Crippen molar-refractivity contribution in [3.63, 3.8) is 0 Å². The van der Waals surface area contributed by atoms with Crippen LogP contribution in [0.25, 0.3) is 0 Å². The van der Waals surface area contributed by atoms with Crippen LogP contribution in [-0.2, 0) is 9.84 Å². The lowest BCUT2D eigenvalue weighted by Crippen LogP contribution is -2.14. The third kappa shape index (κ3) is 3.77. The molecule has 0 fully saturated rings. The summed E-state index contributed by atoms with van der Waals surface area (Å²) in [5.74, 6) is -0.427. The minimum atomic E-state index is -3.25. The summed E-state index contributed by atoms with van der Waals surface area (Å²) in [4.78, 5) is 19.7. The molecule has 1 heterocycles. The molecular formula is C13H12ClN3O3S. The van der Waals surface area contributed by atoms with Crippen LogP contribution in [0.4, 0.5) is 5.69 Å². The van der Waals surface area contributed by atoms with Gasteiger partial charge in [0.1, 0.15) is 10.8 Å². The molecule has 2 rings (SSSR count). The van der Waals surface area contributed by atoms with Crippen LogP contribution in [0.5, 0.6) is 0 Å². The van der Waals surface area contributed by atoms with Gasteiger partial charge in [-0.25, -0.2) is 18.4 Å². The van der Waals surface area contributed by atoms with Crippen LogP contribution < -0.4 is 5.32 Å². The smallest absolute Gasteiger partial charge is 0.275 e. The SMILES string of the molecule is CCS(=O)(=O)c1ccc(NC(=O)c2cnc(Cl)cn2)cc1. The summed E-state index contributed by atoms with van der Waals surface area (Å²) in [6, 6.07) is 5.93. The fourth-order valence-electron chi connectivity index (χ4n) is 1.54. The highest BCUT2D eigenvalue weighted by atomic mass is 35.5. The van der Waals surface area contributed by atoms with E-state index in [9.17, 15) is 13.2 Å². The lowest BCUT2D eigenvalue weighted by molar-refractivity contribution is 0.102. The normalized spacial score (nSPS) is 11.1. The average Bonchev–Trinajstić information content (AvgIpc) is 2.48. The van der Waals surface area contributed by atoms with E-state index in [1.165, 1.54) is 36.7 Å². The van der Waals surface area contributed by atoms with Crippen LogP contribution in [0.3, 0.4) is 0 Å². The molecule has 0 atom stereocenters. The van der Waals surface area contributed by atoms with Gasteiger partial charge in [0, 0.05) is 5.69 Å². The van der Waals surface area contributed by atoms with Gasteiger partial charge in [-0.15, -0.1) is 0 Å². The molecule has 8 heteroatoms. The number of hydrogen-bond acceptors (Lipinski definition) is 5. The molecule has 1 aromatic carbocycles. The number of halogens is 1. The first-order valence-electron chi connectivity index (χ1n) is 6.04. The van der Waals surface area contributed by atoms with E-state index in [1.807, 2.05) is 0 Å². The Kier molecular flexibility index (Phi) is 4.54. The molecule has 2 aromatic rings. The van der Waals surface area contributed by atoms with Crippen LogP contribution >= 0.6 is 11.6 Å². The Morgan fingerprint density at radius 2 is 1.86 bits per heavy atom. The predicted octanol–water partition coefficient (Wildman–Crippen LogP) is 2.18.